The van der Waals surface area contributed by atoms with E-state index in [9.17, 15) is 9.59 Å². The molecule has 0 spiro atoms. The molecule has 2 aliphatic rings. The minimum absolute atomic E-state index is 0.182. The van der Waals surface area contributed by atoms with Crippen LogP contribution in [0.2, 0.25) is 5.02 Å². The molecule has 2 heterocycles. The van der Waals surface area contributed by atoms with Gasteiger partial charge in [0.1, 0.15) is 12.4 Å². The number of anilines is 1. The SMILES string of the molecule is O=C1S/C(=C\c2ccc(N3CCCC3)cc2)C(=O)N1CCOc1ccccc1Cl. The zero-order chi connectivity index (χ0) is 20.2. The fraction of sp³-hybridized carbons (Fsp3) is 0.273. The average Bonchev–Trinajstić information content (AvgIpc) is 3.34. The minimum atomic E-state index is -0.286. The van der Waals surface area contributed by atoms with Crippen molar-refractivity contribution >= 4 is 46.3 Å². The molecule has 0 aliphatic carbocycles. The molecule has 5 nitrogen and oxygen atoms in total. The Morgan fingerprint density at radius 1 is 1.03 bits per heavy atom. The van der Waals surface area contributed by atoms with Gasteiger partial charge in [-0.3, -0.25) is 14.5 Å². The molecule has 7 heteroatoms. The number of carbonyl (C=O) groups excluding carboxylic acids is 2. The topological polar surface area (TPSA) is 49.9 Å². The van der Waals surface area contributed by atoms with Crippen molar-refractivity contribution in [2.45, 2.75) is 12.8 Å². The zero-order valence-electron chi connectivity index (χ0n) is 15.8. The Labute approximate surface area is 179 Å². The lowest BCUT2D eigenvalue weighted by Gasteiger charge is -2.17. The third-order valence-electron chi connectivity index (χ3n) is 4.94. The highest BCUT2D eigenvalue weighted by molar-refractivity contribution is 8.18. The van der Waals surface area contributed by atoms with Gasteiger partial charge in [0.05, 0.1) is 16.5 Å². The molecular weight excluding hydrogens is 408 g/mol. The van der Waals surface area contributed by atoms with E-state index in [0.717, 1.165) is 30.4 Å². The van der Waals surface area contributed by atoms with Gasteiger partial charge in [0.2, 0.25) is 0 Å². The minimum Gasteiger partial charge on any atom is -0.490 e. The number of thioether (sulfide) groups is 1. The second-order valence-corrected chi connectivity index (χ2v) is 8.30. The number of rotatable bonds is 6. The molecule has 2 saturated heterocycles. The molecule has 2 fully saturated rings. The van der Waals surface area contributed by atoms with E-state index < -0.39 is 0 Å². The molecule has 0 saturated carbocycles. The zero-order valence-corrected chi connectivity index (χ0v) is 17.4. The average molecular weight is 429 g/mol. The van der Waals surface area contributed by atoms with E-state index in [0.29, 0.717) is 15.7 Å². The Hall–Kier alpha value is -2.44. The van der Waals surface area contributed by atoms with Gasteiger partial charge in [-0.1, -0.05) is 35.9 Å². The molecule has 150 valence electrons. The Bertz CT molecular complexity index is 939. The van der Waals surface area contributed by atoms with Crippen molar-refractivity contribution in [2.75, 3.05) is 31.1 Å². The maximum absolute atomic E-state index is 12.6. The number of imide groups is 1. The van der Waals surface area contributed by atoms with Crippen molar-refractivity contribution in [2.24, 2.45) is 0 Å². The Morgan fingerprint density at radius 3 is 2.48 bits per heavy atom. The molecule has 0 radical (unpaired) electrons. The van der Waals surface area contributed by atoms with Crippen LogP contribution < -0.4 is 9.64 Å². The molecule has 2 aromatic carbocycles. The van der Waals surface area contributed by atoms with Crippen LogP contribution >= 0.6 is 23.4 Å². The fourth-order valence-corrected chi connectivity index (χ4v) is 4.46. The quantitative estimate of drug-likeness (QED) is 0.602. The number of amides is 2. The summed E-state index contributed by atoms with van der Waals surface area (Å²) in [6, 6.07) is 15.2. The van der Waals surface area contributed by atoms with Crippen LogP contribution in [-0.4, -0.2) is 42.3 Å². The van der Waals surface area contributed by atoms with Crippen molar-refractivity contribution < 1.29 is 14.3 Å². The highest BCUT2D eigenvalue weighted by Crippen LogP contribution is 2.32. The van der Waals surface area contributed by atoms with Gasteiger partial charge in [0.15, 0.2) is 0 Å². The Kier molecular flexibility index (Phi) is 6.11. The highest BCUT2D eigenvalue weighted by atomic mass is 35.5. The third kappa shape index (κ3) is 4.60. The lowest BCUT2D eigenvalue weighted by atomic mass is 10.2. The predicted molar refractivity (Wildman–Crippen MR) is 118 cm³/mol. The van der Waals surface area contributed by atoms with E-state index in [1.165, 1.54) is 23.4 Å². The summed E-state index contributed by atoms with van der Waals surface area (Å²) in [6.45, 7) is 2.56. The van der Waals surface area contributed by atoms with Gasteiger partial charge in [-0.25, -0.2) is 0 Å². The standard InChI is InChI=1S/C22H21ClN2O3S/c23-18-5-1-2-6-19(18)28-14-13-25-21(26)20(29-22(25)27)15-16-7-9-17(10-8-16)24-11-3-4-12-24/h1-2,5-10,15H,3-4,11-14H2/b20-15-. The molecular formula is C22H21ClN2O3S. The van der Waals surface area contributed by atoms with Gasteiger partial charge < -0.3 is 9.64 Å². The van der Waals surface area contributed by atoms with Gasteiger partial charge in [0, 0.05) is 18.8 Å². The third-order valence-corrected chi connectivity index (χ3v) is 6.16. The van der Waals surface area contributed by atoms with Crippen LogP contribution in [-0.2, 0) is 4.79 Å². The van der Waals surface area contributed by atoms with Crippen LogP contribution in [0.25, 0.3) is 6.08 Å². The molecule has 4 rings (SSSR count). The molecule has 0 unspecified atom stereocenters. The first-order chi connectivity index (χ1) is 14.1. The maximum atomic E-state index is 12.6. The summed E-state index contributed by atoms with van der Waals surface area (Å²) in [5.74, 6) is 0.251. The Balaban J connectivity index is 1.37. The molecule has 0 N–H and O–H groups in total. The molecule has 2 aliphatic heterocycles. The number of hydrogen-bond acceptors (Lipinski definition) is 5. The largest absolute Gasteiger partial charge is 0.490 e. The summed E-state index contributed by atoms with van der Waals surface area (Å²) in [5, 5.41) is 0.219. The number of hydrogen-bond donors (Lipinski definition) is 0. The number of nitrogens with zero attached hydrogens (tertiary/aromatic N) is 2. The van der Waals surface area contributed by atoms with Crippen molar-refractivity contribution in [3.8, 4) is 5.75 Å². The fourth-order valence-electron chi connectivity index (χ4n) is 3.41. The van der Waals surface area contributed by atoms with Gasteiger partial charge in [-0.2, -0.15) is 0 Å². The lowest BCUT2D eigenvalue weighted by molar-refractivity contribution is -0.123. The second kappa shape index (κ2) is 8.93. The normalized spacial score (nSPS) is 18.2. The monoisotopic (exact) mass is 428 g/mol. The number of ether oxygens (including phenoxy) is 1. The molecule has 0 aromatic heterocycles. The van der Waals surface area contributed by atoms with Crippen molar-refractivity contribution in [1.82, 2.24) is 4.90 Å². The summed E-state index contributed by atoms with van der Waals surface area (Å²) < 4.78 is 5.60. The molecule has 2 amide bonds. The second-order valence-electron chi connectivity index (χ2n) is 6.90. The van der Waals surface area contributed by atoms with E-state index in [1.54, 1.807) is 18.2 Å². The van der Waals surface area contributed by atoms with E-state index in [1.807, 2.05) is 24.3 Å². The highest BCUT2D eigenvalue weighted by Gasteiger charge is 2.34. The van der Waals surface area contributed by atoms with Crippen molar-refractivity contribution in [3.63, 3.8) is 0 Å². The number of para-hydroxylation sites is 1. The van der Waals surface area contributed by atoms with Crippen LogP contribution in [0.5, 0.6) is 5.75 Å². The maximum Gasteiger partial charge on any atom is 0.293 e. The van der Waals surface area contributed by atoms with Gasteiger partial charge >= 0.3 is 0 Å². The first-order valence-electron chi connectivity index (χ1n) is 9.59. The van der Waals surface area contributed by atoms with Gasteiger partial charge in [-0.15, -0.1) is 0 Å². The summed E-state index contributed by atoms with van der Waals surface area (Å²) >= 11 is 7.02. The van der Waals surface area contributed by atoms with Gasteiger partial charge in [-0.05, 0) is 60.5 Å². The molecule has 0 bridgehead atoms. The number of carbonyl (C=O) groups is 2. The first kappa shape index (κ1) is 19.9. The van der Waals surface area contributed by atoms with Crippen LogP contribution in [0.15, 0.2) is 53.4 Å². The van der Waals surface area contributed by atoms with E-state index in [-0.39, 0.29) is 24.3 Å². The van der Waals surface area contributed by atoms with Crippen LogP contribution in [0, 0.1) is 0 Å². The lowest BCUT2D eigenvalue weighted by Crippen LogP contribution is -2.32. The number of benzene rings is 2. The number of halogens is 1. The van der Waals surface area contributed by atoms with E-state index in [4.69, 9.17) is 16.3 Å². The molecule has 0 atom stereocenters. The van der Waals surface area contributed by atoms with Crippen LogP contribution in [0.1, 0.15) is 18.4 Å². The molecule has 2 aromatic rings. The van der Waals surface area contributed by atoms with E-state index >= 15 is 0 Å². The van der Waals surface area contributed by atoms with Crippen LogP contribution in [0.3, 0.4) is 0 Å². The predicted octanol–water partition coefficient (Wildman–Crippen LogP) is 5.06. The first-order valence-corrected chi connectivity index (χ1v) is 10.8. The van der Waals surface area contributed by atoms with Gasteiger partial charge in [0.25, 0.3) is 11.1 Å². The Morgan fingerprint density at radius 2 is 1.76 bits per heavy atom. The summed E-state index contributed by atoms with van der Waals surface area (Å²) in [7, 11) is 0. The summed E-state index contributed by atoms with van der Waals surface area (Å²) in [6.07, 6.45) is 4.23. The van der Waals surface area contributed by atoms with E-state index in [2.05, 4.69) is 17.0 Å². The molecule has 29 heavy (non-hydrogen) atoms. The smallest absolute Gasteiger partial charge is 0.293 e. The van der Waals surface area contributed by atoms with Crippen LogP contribution in [0.4, 0.5) is 10.5 Å². The van der Waals surface area contributed by atoms with Crippen molar-refractivity contribution in [1.29, 1.82) is 0 Å². The summed E-state index contributed by atoms with van der Waals surface area (Å²) in [5.41, 5.74) is 2.11. The summed E-state index contributed by atoms with van der Waals surface area (Å²) in [4.78, 5) is 28.9. The van der Waals surface area contributed by atoms with Crippen molar-refractivity contribution in [3.05, 3.63) is 64.0 Å².